The van der Waals surface area contributed by atoms with Gasteiger partial charge in [0.1, 0.15) is 5.75 Å². The fraction of sp³-hybridized carbons (Fsp3) is 0.333. The fourth-order valence-electron chi connectivity index (χ4n) is 1.13. The van der Waals surface area contributed by atoms with Crippen molar-refractivity contribution in [2.75, 3.05) is 6.61 Å². The van der Waals surface area contributed by atoms with Gasteiger partial charge in [-0.05, 0) is 40.5 Å². The Morgan fingerprint density at radius 2 is 1.94 bits per heavy atom. The van der Waals surface area contributed by atoms with Gasteiger partial charge in [-0.1, -0.05) is 13.0 Å². The highest BCUT2D eigenvalue weighted by molar-refractivity contribution is 9.10. The van der Waals surface area contributed by atoms with Crippen molar-refractivity contribution in [3.05, 3.63) is 28.2 Å². The van der Waals surface area contributed by atoms with Gasteiger partial charge in [-0.15, -0.1) is 0 Å². The average Bonchev–Trinajstić information content (AvgIpc) is 2.34. The Balaban J connectivity index is 2.40. The molecule has 6 heteroatoms. The van der Waals surface area contributed by atoms with E-state index in [1.165, 1.54) is 0 Å². The molecule has 0 aliphatic heterocycles. The van der Waals surface area contributed by atoms with Crippen molar-refractivity contribution in [2.45, 2.75) is 20.3 Å². The summed E-state index contributed by atoms with van der Waals surface area (Å²) in [5.74, 6) is -0.0818. The lowest BCUT2D eigenvalue weighted by molar-refractivity contribution is -0.129. The lowest BCUT2D eigenvalue weighted by atomic mass is 10.2. The van der Waals surface area contributed by atoms with Crippen molar-refractivity contribution < 1.29 is 14.3 Å². The summed E-state index contributed by atoms with van der Waals surface area (Å²) < 4.78 is 6.09. The highest BCUT2D eigenvalue weighted by Crippen LogP contribution is 2.25. The topological polar surface area (TPSA) is 67.4 Å². The van der Waals surface area contributed by atoms with E-state index >= 15 is 0 Å². The highest BCUT2D eigenvalue weighted by atomic mass is 79.9. The molecule has 1 aromatic rings. The predicted molar refractivity (Wildman–Crippen MR) is 71.0 cm³/mol. The summed E-state index contributed by atoms with van der Waals surface area (Å²) in [5.41, 5.74) is 5.61. The zero-order chi connectivity index (χ0) is 13.5. The Bertz CT molecular complexity index is 449. The number of rotatable bonds is 4. The van der Waals surface area contributed by atoms with E-state index in [0.717, 1.165) is 10.0 Å². The van der Waals surface area contributed by atoms with Gasteiger partial charge in [0.05, 0.1) is 4.47 Å². The maximum atomic E-state index is 11.3. The standard InChI is InChI=1S/C12H15BrN2O3/c1-3-11(16)14-15-12(17)7-18-10-5-4-8(2)6-9(10)13/h4-6H,3,7H2,1-2H3,(H,14,16)(H,15,17). The van der Waals surface area contributed by atoms with Crippen LogP contribution in [0.3, 0.4) is 0 Å². The molecule has 18 heavy (non-hydrogen) atoms. The number of ether oxygens (including phenoxy) is 1. The van der Waals surface area contributed by atoms with E-state index in [9.17, 15) is 9.59 Å². The molecular weight excluding hydrogens is 300 g/mol. The number of nitrogens with one attached hydrogen (secondary N) is 2. The normalized spacial score (nSPS) is 9.72. The number of benzene rings is 1. The maximum absolute atomic E-state index is 11.3. The molecule has 1 aromatic carbocycles. The van der Waals surface area contributed by atoms with Gasteiger partial charge in [0.15, 0.2) is 6.61 Å². The van der Waals surface area contributed by atoms with Gasteiger partial charge in [0.25, 0.3) is 5.91 Å². The van der Waals surface area contributed by atoms with Crippen LogP contribution in [0.25, 0.3) is 0 Å². The highest BCUT2D eigenvalue weighted by Gasteiger charge is 2.06. The van der Waals surface area contributed by atoms with E-state index in [1.54, 1.807) is 13.0 Å². The van der Waals surface area contributed by atoms with E-state index in [2.05, 4.69) is 26.8 Å². The van der Waals surface area contributed by atoms with E-state index in [4.69, 9.17) is 4.74 Å². The molecule has 0 aliphatic carbocycles. The number of amides is 2. The molecule has 0 spiro atoms. The molecule has 0 fully saturated rings. The number of carbonyl (C=O) groups is 2. The fourth-order valence-corrected chi connectivity index (χ4v) is 1.74. The van der Waals surface area contributed by atoms with Crippen LogP contribution in [0.2, 0.25) is 0 Å². The van der Waals surface area contributed by atoms with Gasteiger partial charge in [-0.25, -0.2) is 0 Å². The molecule has 0 saturated carbocycles. The second-order valence-electron chi connectivity index (χ2n) is 3.67. The third-order valence-corrected chi connectivity index (χ3v) is 2.73. The molecule has 0 aliphatic rings. The van der Waals surface area contributed by atoms with Crippen LogP contribution < -0.4 is 15.6 Å². The van der Waals surface area contributed by atoms with Crippen LogP contribution in [-0.2, 0) is 9.59 Å². The van der Waals surface area contributed by atoms with E-state index in [0.29, 0.717) is 12.2 Å². The van der Waals surface area contributed by atoms with Crippen molar-refractivity contribution in [3.8, 4) is 5.75 Å². The molecule has 0 heterocycles. The quantitative estimate of drug-likeness (QED) is 0.831. The monoisotopic (exact) mass is 314 g/mol. The molecule has 0 unspecified atom stereocenters. The van der Waals surface area contributed by atoms with Crippen molar-refractivity contribution in [3.63, 3.8) is 0 Å². The maximum Gasteiger partial charge on any atom is 0.276 e. The van der Waals surface area contributed by atoms with Crippen LogP contribution in [0.5, 0.6) is 5.75 Å². The van der Waals surface area contributed by atoms with Crippen LogP contribution in [0.1, 0.15) is 18.9 Å². The summed E-state index contributed by atoms with van der Waals surface area (Å²) in [6, 6.07) is 5.56. The predicted octanol–water partition coefficient (Wildman–Crippen LogP) is 1.69. The van der Waals surface area contributed by atoms with Crippen LogP contribution >= 0.6 is 15.9 Å². The Morgan fingerprint density at radius 3 is 2.56 bits per heavy atom. The molecule has 0 aromatic heterocycles. The molecule has 2 amide bonds. The minimum Gasteiger partial charge on any atom is -0.483 e. The summed E-state index contributed by atoms with van der Waals surface area (Å²) in [6.45, 7) is 3.49. The van der Waals surface area contributed by atoms with Gasteiger partial charge in [0, 0.05) is 6.42 Å². The largest absolute Gasteiger partial charge is 0.483 e. The van der Waals surface area contributed by atoms with Gasteiger partial charge < -0.3 is 4.74 Å². The summed E-state index contributed by atoms with van der Waals surface area (Å²) in [6.07, 6.45) is 0.310. The minimum absolute atomic E-state index is 0.161. The first-order valence-corrected chi connectivity index (χ1v) is 6.29. The molecule has 0 radical (unpaired) electrons. The lowest BCUT2D eigenvalue weighted by Gasteiger charge is -2.09. The average molecular weight is 315 g/mol. The Morgan fingerprint density at radius 1 is 1.28 bits per heavy atom. The number of carbonyl (C=O) groups excluding carboxylic acids is 2. The third kappa shape index (κ3) is 4.75. The first-order chi connectivity index (χ1) is 8.52. The Labute approximate surface area is 114 Å². The Hall–Kier alpha value is -1.56. The zero-order valence-corrected chi connectivity index (χ0v) is 11.8. The zero-order valence-electron chi connectivity index (χ0n) is 10.2. The smallest absolute Gasteiger partial charge is 0.276 e. The van der Waals surface area contributed by atoms with Gasteiger partial charge >= 0.3 is 0 Å². The molecule has 98 valence electrons. The third-order valence-electron chi connectivity index (χ3n) is 2.11. The number of hydrazine groups is 1. The second-order valence-corrected chi connectivity index (χ2v) is 4.53. The van der Waals surface area contributed by atoms with Crippen LogP contribution in [0.4, 0.5) is 0 Å². The summed E-state index contributed by atoms with van der Waals surface area (Å²) in [7, 11) is 0. The SMILES string of the molecule is CCC(=O)NNC(=O)COc1ccc(C)cc1Br. The number of hydrogen-bond donors (Lipinski definition) is 2. The molecule has 2 N–H and O–H groups in total. The second kappa shape index (κ2) is 7.00. The van der Waals surface area contributed by atoms with Crippen LogP contribution in [0.15, 0.2) is 22.7 Å². The molecule has 0 bridgehead atoms. The van der Waals surface area contributed by atoms with Gasteiger partial charge in [-0.3, -0.25) is 20.4 Å². The van der Waals surface area contributed by atoms with E-state index in [1.807, 2.05) is 19.1 Å². The molecule has 0 atom stereocenters. The number of halogens is 1. The van der Waals surface area contributed by atoms with E-state index in [-0.39, 0.29) is 12.5 Å². The number of aryl methyl sites for hydroxylation is 1. The van der Waals surface area contributed by atoms with E-state index < -0.39 is 5.91 Å². The summed E-state index contributed by atoms with van der Waals surface area (Å²) in [4.78, 5) is 22.3. The van der Waals surface area contributed by atoms with Crippen molar-refractivity contribution >= 4 is 27.7 Å². The summed E-state index contributed by atoms with van der Waals surface area (Å²) in [5, 5.41) is 0. The summed E-state index contributed by atoms with van der Waals surface area (Å²) >= 11 is 3.34. The lowest BCUT2D eigenvalue weighted by Crippen LogP contribution is -2.43. The minimum atomic E-state index is -0.413. The number of hydrogen-bond acceptors (Lipinski definition) is 3. The van der Waals surface area contributed by atoms with Crippen molar-refractivity contribution in [1.29, 1.82) is 0 Å². The first-order valence-electron chi connectivity index (χ1n) is 5.49. The van der Waals surface area contributed by atoms with Gasteiger partial charge in [-0.2, -0.15) is 0 Å². The van der Waals surface area contributed by atoms with Crippen molar-refractivity contribution in [2.24, 2.45) is 0 Å². The van der Waals surface area contributed by atoms with Crippen molar-refractivity contribution in [1.82, 2.24) is 10.9 Å². The van der Waals surface area contributed by atoms with Crippen LogP contribution in [0, 0.1) is 6.92 Å². The molecule has 5 nitrogen and oxygen atoms in total. The first kappa shape index (κ1) is 14.5. The van der Waals surface area contributed by atoms with Crippen LogP contribution in [-0.4, -0.2) is 18.4 Å². The molecule has 1 rings (SSSR count). The molecule has 0 saturated heterocycles. The Kier molecular flexibility index (Phi) is 5.64. The van der Waals surface area contributed by atoms with Gasteiger partial charge in [0.2, 0.25) is 5.91 Å². The molecular formula is C12H15BrN2O3.